The van der Waals surface area contributed by atoms with Crippen LogP contribution in [-0.2, 0) is 65.4 Å². The predicted octanol–water partition coefficient (Wildman–Crippen LogP) is 22.7. The van der Waals surface area contributed by atoms with E-state index in [4.69, 9.17) is 37.0 Å². The van der Waals surface area contributed by atoms with E-state index in [1.165, 1.54) is 218 Å². The van der Waals surface area contributed by atoms with E-state index in [0.717, 1.165) is 102 Å². The van der Waals surface area contributed by atoms with Crippen LogP contribution in [-0.4, -0.2) is 96.7 Å². The van der Waals surface area contributed by atoms with Crippen LogP contribution in [0.1, 0.15) is 401 Å². The number of hydrogen-bond donors (Lipinski definition) is 3. The molecule has 17 nitrogen and oxygen atoms in total. The predicted molar refractivity (Wildman–Crippen MR) is 391 cm³/mol. The van der Waals surface area contributed by atoms with Crippen LogP contribution in [0.25, 0.3) is 0 Å². The van der Waals surface area contributed by atoms with E-state index in [1.54, 1.807) is 0 Å². The molecule has 0 aliphatic carbocycles. The van der Waals surface area contributed by atoms with Crippen LogP contribution in [0.5, 0.6) is 0 Å². The SMILES string of the molecule is CCCCCCCCCCCCCCCCCCCCCCC(=O)O[C@H](COC(=O)CCCCCCCCCCCCCCC(C)C)COP(=O)(O)OC[C@@H](O)COP(=O)(O)OC[C@@H](COC(=O)CCCCCCCCCCCC)OC(=O)CCCCCCCCCCC(C)C. The fourth-order valence-electron chi connectivity index (χ4n) is 11.8. The van der Waals surface area contributed by atoms with Crippen molar-refractivity contribution in [3.8, 4) is 0 Å². The second-order valence-electron chi connectivity index (χ2n) is 28.7. The summed E-state index contributed by atoms with van der Waals surface area (Å²) in [6, 6.07) is 0. The maximum absolute atomic E-state index is 13.1. The van der Waals surface area contributed by atoms with Gasteiger partial charge < -0.3 is 33.8 Å². The molecule has 0 radical (unpaired) electrons. The lowest BCUT2D eigenvalue weighted by atomic mass is 10.0. The molecular weight excluding hydrogens is 1260 g/mol. The van der Waals surface area contributed by atoms with Crippen molar-refractivity contribution in [3.05, 3.63) is 0 Å². The molecule has 3 N–H and O–H groups in total. The van der Waals surface area contributed by atoms with E-state index < -0.39 is 97.5 Å². The largest absolute Gasteiger partial charge is 0.472 e. The van der Waals surface area contributed by atoms with E-state index in [2.05, 4.69) is 41.5 Å². The molecule has 0 aromatic carbocycles. The Bertz CT molecular complexity index is 1860. The molecule has 0 spiro atoms. The normalized spacial score (nSPS) is 14.0. The molecule has 0 aromatic heterocycles. The van der Waals surface area contributed by atoms with Crippen LogP contribution in [0.2, 0.25) is 0 Å². The number of ether oxygens (including phenoxy) is 4. The van der Waals surface area contributed by atoms with Gasteiger partial charge in [-0.05, 0) is 37.5 Å². The molecule has 96 heavy (non-hydrogen) atoms. The zero-order valence-corrected chi connectivity index (χ0v) is 64.5. The van der Waals surface area contributed by atoms with Crippen molar-refractivity contribution in [3.63, 3.8) is 0 Å². The third-order valence-electron chi connectivity index (χ3n) is 18.0. The van der Waals surface area contributed by atoms with Crippen LogP contribution in [0.4, 0.5) is 0 Å². The van der Waals surface area contributed by atoms with Gasteiger partial charge in [-0.1, -0.05) is 350 Å². The van der Waals surface area contributed by atoms with Crippen molar-refractivity contribution in [1.82, 2.24) is 0 Å². The van der Waals surface area contributed by atoms with Gasteiger partial charge in [-0.3, -0.25) is 37.3 Å². The Morgan fingerprint density at radius 3 is 0.708 bits per heavy atom. The van der Waals surface area contributed by atoms with Gasteiger partial charge in [0.1, 0.15) is 19.3 Å². The van der Waals surface area contributed by atoms with Crippen molar-refractivity contribution in [2.45, 2.75) is 419 Å². The quantitative estimate of drug-likeness (QED) is 0.0222. The lowest BCUT2D eigenvalue weighted by Crippen LogP contribution is -2.30. The van der Waals surface area contributed by atoms with Crippen LogP contribution in [0.3, 0.4) is 0 Å². The molecule has 0 aromatic rings. The Labute approximate surface area is 588 Å². The van der Waals surface area contributed by atoms with E-state index in [9.17, 15) is 43.2 Å². The Balaban J connectivity index is 5.21. The summed E-state index contributed by atoms with van der Waals surface area (Å²) >= 11 is 0. The molecule has 19 heteroatoms. The maximum Gasteiger partial charge on any atom is 0.472 e. The first-order valence-electron chi connectivity index (χ1n) is 40.0. The number of phosphoric acid groups is 2. The molecule has 0 aliphatic heterocycles. The molecule has 5 atom stereocenters. The number of unbranched alkanes of at least 4 members (excludes halogenated alkanes) is 46. The maximum atomic E-state index is 13.1. The molecule has 0 fully saturated rings. The summed E-state index contributed by atoms with van der Waals surface area (Å²) < 4.78 is 68.5. The third kappa shape index (κ3) is 70.5. The average Bonchev–Trinajstić information content (AvgIpc) is 1.58. The van der Waals surface area contributed by atoms with E-state index in [-0.39, 0.29) is 25.7 Å². The van der Waals surface area contributed by atoms with Gasteiger partial charge in [0, 0.05) is 25.7 Å². The molecule has 0 rings (SSSR count). The lowest BCUT2D eigenvalue weighted by molar-refractivity contribution is -0.161. The highest BCUT2D eigenvalue weighted by Gasteiger charge is 2.30. The Kier molecular flexibility index (Phi) is 67.4. The molecule has 0 heterocycles. The van der Waals surface area contributed by atoms with E-state index in [1.807, 2.05) is 0 Å². The summed E-state index contributed by atoms with van der Waals surface area (Å²) in [5, 5.41) is 10.6. The van der Waals surface area contributed by atoms with Crippen molar-refractivity contribution in [2.75, 3.05) is 39.6 Å². The molecule has 0 saturated carbocycles. The fraction of sp³-hybridized carbons (Fsp3) is 0.948. The standard InChI is InChI=1S/C77H150O17P2/c1-7-9-11-13-15-17-19-20-21-22-23-24-25-26-27-32-36-43-49-55-61-76(81)93-72(65-88-75(80)60-54-48-42-35-31-29-28-30-33-39-45-51-57-69(3)4)67-91-95(83,84)89-63-71(78)64-90-96(85,86)92-68-73(66-87-74(79)59-53-47-41-34-18-16-14-12-10-8-2)94-77(82)62-56-50-44-38-37-40-46-52-58-70(5)6/h69-73,78H,7-68H2,1-6H3,(H,83,84)(H,85,86)/t71-,72-,73-/m1/s1. The van der Waals surface area contributed by atoms with Gasteiger partial charge in [0.15, 0.2) is 12.2 Å². The molecule has 0 amide bonds. The highest BCUT2D eigenvalue weighted by molar-refractivity contribution is 7.47. The molecule has 0 saturated heterocycles. The van der Waals surface area contributed by atoms with Gasteiger partial charge in [-0.15, -0.1) is 0 Å². The van der Waals surface area contributed by atoms with Crippen molar-refractivity contribution in [2.24, 2.45) is 11.8 Å². The minimum Gasteiger partial charge on any atom is -0.462 e. The first kappa shape index (κ1) is 94.1. The summed E-state index contributed by atoms with van der Waals surface area (Å²) in [5.74, 6) is -0.616. The Morgan fingerprint density at radius 1 is 0.281 bits per heavy atom. The third-order valence-corrected chi connectivity index (χ3v) is 19.9. The number of rotatable bonds is 76. The summed E-state index contributed by atoms with van der Waals surface area (Å²) in [7, 11) is -9.91. The molecule has 0 bridgehead atoms. The summed E-state index contributed by atoms with van der Waals surface area (Å²) in [4.78, 5) is 72.8. The number of phosphoric ester groups is 2. The van der Waals surface area contributed by atoms with Crippen molar-refractivity contribution < 1.29 is 80.2 Å². The molecule has 570 valence electrons. The monoisotopic (exact) mass is 1410 g/mol. The first-order valence-corrected chi connectivity index (χ1v) is 43.0. The summed E-state index contributed by atoms with van der Waals surface area (Å²) in [5.41, 5.74) is 0. The van der Waals surface area contributed by atoms with Gasteiger partial charge in [-0.2, -0.15) is 0 Å². The van der Waals surface area contributed by atoms with Gasteiger partial charge in [0.2, 0.25) is 0 Å². The zero-order chi connectivity index (χ0) is 70.7. The number of aliphatic hydroxyl groups excluding tert-OH is 1. The van der Waals surface area contributed by atoms with Crippen LogP contribution < -0.4 is 0 Å². The topological polar surface area (TPSA) is 237 Å². The van der Waals surface area contributed by atoms with Gasteiger partial charge in [0.05, 0.1) is 26.4 Å². The van der Waals surface area contributed by atoms with Crippen LogP contribution in [0, 0.1) is 11.8 Å². The van der Waals surface area contributed by atoms with Gasteiger partial charge >= 0.3 is 39.5 Å². The van der Waals surface area contributed by atoms with Crippen LogP contribution in [0.15, 0.2) is 0 Å². The number of esters is 4. The second kappa shape index (κ2) is 68.8. The minimum absolute atomic E-state index is 0.105. The fourth-order valence-corrected chi connectivity index (χ4v) is 13.4. The Morgan fingerprint density at radius 2 is 0.479 bits per heavy atom. The number of carbonyl (C=O) groups is 4. The summed E-state index contributed by atoms with van der Waals surface area (Å²) in [6.45, 7) is 9.56. The minimum atomic E-state index is -4.96. The zero-order valence-electron chi connectivity index (χ0n) is 62.7. The van der Waals surface area contributed by atoms with E-state index in [0.29, 0.717) is 25.7 Å². The molecule has 0 aliphatic rings. The van der Waals surface area contributed by atoms with Gasteiger partial charge in [-0.25, -0.2) is 9.13 Å². The highest BCUT2D eigenvalue weighted by Crippen LogP contribution is 2.45. The second-order valence-corrected chi connectivity index (χ2v) is 31.6. The Hall–Kier alpha value is -1.94. The average molecular weight is 1410 g/mol. The van der Waals surface area contributed by atoms with Crippen molar-refractivity contribution >= 4 is 39.5 Å². The van der Waals surface area contributed by atoms with Gasteiger partial charge in [0.25, 0.3) is 0 Å². The van der Waals surface area contributed by atoms with Crippen LogP contribution >= 0.6 is 15.6 Å². The molecule has 2 unspecified atom stereocenters. The number of hydrogen-bond acceptors (Lipinski definition) is 15. The van der Waals surface area contributed by atoms with Crippen molar-refractivity contribution in [1.29, 1.82) is 0 Å². The first-order chi connectivity index (χ1) is 46.4. The van der Waals surface area contributed by atoms with E-state index >= 15 is 0 Å². The smallest absolute Gasteiger partial charge is 0.462 e. The number of aliphatic hydroxyl groups is 1. The molecular formula is C77H150O17P2. The number of carbonyl (C=O) groups excluding carboxylic acids is 4. The summed E-state index contributed by atoms with van der Waals surface area (Å²) in [6.07, 6.45) is 57.0. The highest BCUT2D eigenvalue weighted by atomic mass is 31.2. The lowest BCUT2D eigenvalue weighted by Gasteiger charge is -2.21.